The van der Waals surface area contributed by atoms with E-state index in [1.165, 1.54) is 23.6 Å². The molecule has 0 radical (unpaired) electrons. The molecule has 0 bridgehead atoms. The number of nitrogens with zero attached hydrogens (tertiary/aromatic N) is 1. The van der Waals surface area contributed by atoms with Gasteiger partial charge in [-0.15, -0.1) is 11.8 Å². The molecule has 1 N–H and O–H groups in total. The van der Waals surface area contributed by atoms with Gasteiger partial charge in [-0.25, -0.2) is 4.79 Å². The number of aryl methyl sites for hydroxylation is 1. The lowest BCUT2D eigenvalue weighted by atomic mass is 10.0. The molecule has 0 spiro atoms. The van der Waals surface area contributed by atoms with Gasteiger partial charge in [-0.3, -0.25) is 4.79 Å². The molecule has 1 aromatic rings. The average molecular weight is 293 g/mol. The van der Waals surface area contributed by atoms with Crippen molar-refractivity contribution in [2.75, 3.05) is 0 Å². The second kappa shape index (κ2) is 5.13. The predicted molar refractivity (Wildman–Crippen MR) is 79.5 cm³/mol. The van der Waals surface area contributed by atoms with Crippen molar-refractivity contribution in [2.24, 2.45) is 0 Å². The van der Waals surface area contributed by atoms with Crippen LogP contribution < -0.4 is 0 Å². The summed E-state index contributed by atoms with van der Waals surface area (Å²) < 4.78 is -0.521. The van der Waals surface area contributed by atoms with Gasteiger partial charge in [0, 0.05) is 11.7 Å². The van der Waals surface area contributed by atoms with Gasteiger partial charge in [0.1, 0.15) is 11.4 Å². The largest absolute Gasteiger partial charge is 0.480 e. The number of rotatable bonds is 2. The molecule has 108 valence electrons. The van der Waals surface area contributed by atoms with Crippen LogP contribution >= 0.6 is 11.8 Å². The Morgan fingerprint density at radius 2 is 1.80 bits per heavy atom. The van der Waals surface area contributed by atoms with Crippen LogP contribution in [0.4, 0.5) is 0 Å². The molecular weight excluding hydrogens is 274 g/mol. The minimum absolute atomic E-state index is 0.207. The molecule has 1 amide bonds. The number of carboxylic acids is 1. The van der Waals surface area contributed by atoms with Crippen molar-refractivity contribution in [1.82, 2.24) is 4.90 Å². The molecule has 4 nitrogen and oxygen atoms in total. The molecule has 0 aliphatic carbocycles. The van der Waals surface area contributed by atoms with Crippen LogP contribution in [0.25, 0.3) is 0 Å². The molecule has 1 saturated heterocycles. The zero-order valence-corrected chi connectivity index (χ0v) is 12.9. The Morgan fingerprint density at radius 1 is 1.25 bits per heavy atom. The zero-order chi connectivity index (χ0) is 15.1. The number of thioether (sulfide) groups is 1. The van der Waals surface area contributed by atoms with Crippen molar-refractivity contribution in [1.29, 1.82) is 0 Å². The molecule has 1 heterocycles. The summed E-state index contributed by atoms with van der Waals surface area (Å²) in [5.41, 5.74) is 2.10. The van der Waals surface area contributed by atoms with Crippen LogP contribution in [-0.4, -0.2) is 32.7 Å². The smallest absolute Gasteiger partial charge is 0.327 e. The zero-order valence-electron chi connectivity index (χ0n) is 12.1. The number of aliphatic carboxylic acids is 1. The van der Waals surface area contributed by atoms with E-state index in [-0.39, 0.29) is 11.3 Å². The summed E-state index contributed by atoms with van der Waals surface area (Å²) >= 11 is 1.52. The van der Waals surface area contributed by atoms with E-state index < -0.39 is 16.8 Å². The number of benzene rings is 1. The highest BCUT2D eigenvalue weighted by Gasteiger charge is 2.52. The molecular formula is C15H19NO3S. The summed E-state index contributed by atoms with van der Waals surface area (Å²) in [5, 5.41) is 9.22. The summed E-state index contributed by atoms with van der Waals surface area (Å²) in [4.78, 5) is 25.0. The first-order valence-corrected chi connectivity index (χ1v) is 7.38. The van der Waals surface area contributed by atoms with E-state index in [0.29, 0.717) is 0 Å². The normalized spacial score (nSPS) is 24.7. The van der Waals surface area contributed by atoms with E-state index >= 15 is 0 Å². The molecule has 1 aliphatic heterocycles. The van der Waals surface area contributed by atoms with Crippen LogP contribution in [0.3, 0.4) is 0 Å². The topological polar surface area (TPSA) is 57.6 Å². The van der Waals surface area contributed by atoms with Gasteiger partial charge in [-0.1, -0.05) is 29.8 Å². The lowest BCUT2D eigenvalue weighted by Gasteiger charge is -2.28. The van der Waals surface area contributed by atoms with Crippen molar-refractivity contribution in [3.63, 3.8) is 0 Å². The molecule has 5 heteroatoms. The van der Waals surface area contributed by atoms with Gasteiger partial charge in [-0.2, -0.15) is 0 Å². The predicted octanol–water partition coefficient (Wildman–Crippen LogP) is 2.82. The summed E-state index contributed by atoms with van der Waals surface area (Å²) in [7, 11) is 0. The number of hydrogen-bond donors (Lipinski definition) is 1. The Morgan fingerprint density at radius 3 is 2.25 bits per heavy atom. The molecule has 0 aromatic heterocycles. The molecule has 2 atom stereocenters. The van der Waals surface area contributed by atoms with Gasteiger partial charge in [0.2, 0.25) is 5.91 Å². The van der Waals surface area contributed by atoms with Gasteiger partial charge >= 0.3 is 5.97 Å². The van der Waals surface area contributed by atoms with Gasteiger partial charge in [0.05, 0.1) is 0 Å². The summed E-state index contributed by atoms with van der Waals surface area (Å²) in [6.45, 7) is 7.18. The third kappa shape index (κ3) is 2.54. The Hall–Kier alpha value is -1.49. The van der Waals surface area contributed by atoms with E-state index in [1.807, 2.05) is 45.0 Å². The Kier molecular flexibility index (Phi) is 3.82. The standard InChI is InChI=1S/C15H19NO3S/c1-9-5-7-11(8-6-9)13-16(10(2)17)12(14(18)19)15(3,4)20-13/h5-8,12-13H,1-4H3,(H,18,19)/t12-,13+/m1/s1. The molecule has 2 rings (SSSR count). The van der Waals surface area contributed by atoms with Gasteiger partial charge in [0.15, 0.2) is 0 Å². The van der Waals surface area contributed by atoms with Crippen LogP contribution in [0.1, 0.15) is 37.3 Å². The SMILES string of the molecule is CC(=O)N1[C@H](c2ccc(C)cc2)SC(C)(C)[C@H]1C(=O)O. The number of carboxylic acid groups (broad SMARTS) is 1. The van der Waals surface area contributed by atoms with Crippen molar-refractivity contribution in [3.8, 4) is 0 Å². The van der Waals surface area contributed by atoms with E-state index in [1.54, 1.807) is 0 Å². The summed E-state index contributed by atoms with van der Waals surface area (Å²) in [6, 6.07) is 7.08. The maximum Gasteiger partial charge on any atom is 0.327 e. The van der Waals surface area contributed by atoms with Gasteiger partial charge in [-0.05, 0) is 26.3 Å². The van der Waals surface area contributed by atoms with E-state index in [9.17, 15) is 14.7 Å². The fourth-order valence-corrected chi connectivity index (χ4v) is 4.20. The first-order chi connectivity index (χ1) is 9.24. The first kappa shape index (κ1) is 14.9. The first-order valence-electron chi connectivity index (χ1n) is 6.50. The third-order valence-corrected chi connectivity index (χ3v) is 5.12. The quantitative estimate of drug-likeness (QED) is 0.911. The second-order valence-corrected chi connectivity index (χ2v) is 7.39. The summed E-state index contributed by atoms with van der Waals surface area (Å²) in [6.07, 6.45) is 0. The highest BCUT2D eigenvalue weighted by atomic mass is 32.2. The molecule has 1 fully saturated rings. The third-order valence-electron chi connectivity index (χ3n) is 3.56. The van der Waals surface area contributed by atoms with Crippen LogP contribution in [0, 0.1) is 6.92 Å². The Bertz CT molecular complexity index is 539. The minimum atomic E-state index is -0.952. The van der Waals surface area contributed by atoms with Gasteiger partial charge < -0.3 is 10.0 Å². The molecule has 1 aliphatic rings. The summed E-state index contributed by atoms with van der Waals surface area (Å²) in [5.74, 6) is -1.16. The lowest BCUT2D eigenvalue weighted by Crippen LogP contribution is -2.48. The van der Waals surface area contributed by atoms with Crippen LogP contribution in [0.15, 0.2) is 24.3 Å². The minimum Gasteiger partial charge on any atom is -0.480 e. The Labute approximate surface area is 123 Å². The number of carbonyl (C=O) groups excluding carboxylic acids is 1. The highest BCUT2D eigenvalue weighted by Crippen LogP contribution is 2.52. The number of amides is 1. The maximum absolute atomic E-state index is 11.9. The average Bonchev–Trinajstić information content (AvgIpc) is 2.62. The number of hydrogen-bond acceptors (Lipinski definition) is 3. The second-order valence-electron chi connectivity index (χ2n) is 5.65. The molecule has 0 saturated carbocycles. The maximum atomic E-state index is 11.9. The monoisotopic (exact) mass is 293 g/mol. The van der Waals surface area contributed by atoms with Crippen LogP contribution in [0.5, 0.6) is 0 Å². The van der Waals surface area contributed by atoms with Crippen molar-refractivity contribution >= 4 is 23.6 Å². The number of carbonyl (C=O) groups is 2. The Balaban J connectivity index is 2.45. The van der Waals surface area contributed by atoms with Crippen LogP contribution in [-0.2, 0) is 9.59 Å². The van der Waals surface area contributed by atoms with E-state index in [2.05, 4.69) is 0 Å². The lowest BCUT2D eigenvalue weighted by molar-refractivity contribution is -0.150. The van der Waals surface area contributed by atoms with Crippen LogP contribution in [0.2, 0.25) is 0 Å². The van der Waals surface area contributed by atoms with Gasteiger partial charge in [0.25, 0.3) is 0 Å². The van der Waals surface area contributed by atoms with Crippen molar-refractivity contribution in [3.05, 3.63) is 35.4 Å². The molecule has 0 unspecified atom stereocenters. The van der Waals surface area contributed by atoms with Crippen molar-refractivity contribution in [2.45, 2.75) is 43.9 Å². The fraction of sp³-hybridized carbons (Fsp3) is 0.467. The van der Waals surface area contributed by atoms with Crippen molar-refractivity contribution < 1.29 is 14.7 Å². The molecule has 20 heavy (non-hydrogen) atoms. The molecule has 1 aromatic carbocycles. The fourth-order valence-electron chi connectivity index (χ4n) is 2.60. The van der Waals surface area contributed by atoms with E-state index in [0.717, 1.165) is 11.1 Å². The van der Waals surface area contributed by atoms with E-state index in [4.69, 9.17) is 0 Å². The highest BCUT2D eigenvalue weighted by molar-refractivity contribution is 8.01.